The molecular weight excluding hydrogens is 365 g/mol. The first-order valence-corrected chi connectivity index (χ1v) is 8.81. The Morgan fingerprint density at radius 1 is 1.21 bits per heavy atom. The summed E-state index contributed by atoms with van der Waals surface area (Å²) in [5.41, 5.74) is 0.628. The van der Waals surface area contributed by atoms with Gasteiger partial charge in [0.25, 0.3) is 5.91 Å². The summed E-state index contributed by atoms with van der Waals surface area (Å²) in [7, 11) is 0. The molecule has 0 spiro atoms. The topological polar surface area (TPSA) is 96.5 Å². The molecule has 2 aromatic carbocycles. The van der Waals surface area contributed by atoms with E-state index in [2.05, 4.69) is 15.5 Å². The predicted octanol–water partition coefficient (Wildman–Crippen LogP) is 3.06. The third-order valence-corrected chi connectivity index (χ3v) is 4.90. The fraction of sp³-hybridized carbons (Fsp3) is 0.200. The molecule has 2 aliphatic rings. The quantitative estimate of drug-likeness (QED) is 0.645. The molecule has 7 nitrogen and oxygen atoms in total. The van der Waals surface area contributed by atoms with Gasteiger partial charge in [0, 0.05) is 11.5 Å². The van der Waals surface area contributed by atoms with Gasteiger partial charge < -0.3 is 19.9 Å². The van der Waals surface area contributed by atoms with Gasteiger partial charge in [-0.2, -0.15) is 5.10 Å². The van der Waals surface area contributed by atoms with Crippen molar-refractivity contribution in [2.45, 2.75) is 18.4 Å². The lowest BCUT2D eigenvalue weighted by Crippen LogP contribution is -2.29. The van der Waals surface area contributed by atoms with E-state index in [1.165, 1.54) is 12.1 Å². The number of hydrogen-bond acceptors (Lipinski definition) is 5. The predicted molar refractivity (Wildman–Crippen MR) is 100 cm³/mol. The number of carbonyl (C=O) groups excluding carboxylic acids is 1. The number of aliphatic hydroxyl groups is 1. The van der Waals surface area contributed by atoms with Crippen molar-refractivity contribution >= 4 is 34.6 Å². The maximum atomic E-state index is 14.3. The first-order valence-electron chi connectivity index (χ1n) is 8.81. The number of amides is 1. The molecule has 2 heterocycles. The van der Waals surface area contributed by atoms with Gasteiger partial charge in [0.2, 0.25) is 6.79 Å². The van der Waals surface area contributed by atoms with Crippen LogP contribution in [0.1, 0.15) is 24.1 Å². The Morgan fingerprint density at radius 3 is 2.86 bits per heavy atom. The highest BCUT2D eigenvalue weighted by molar-refractivity contribution is 6.01. The van der Waals surface area contributed by atoms with Crippen molar-refractivity contribution in [1.82, 2.24) is 10.2 Å². The number of carbonyl (C=O) groups is 1. The zero-order chi connectivity index (χ0) is 19.3. The molecule has 142 valence electrons. The number of nitrogens with one attached hydrogen (secondary N) is 2. The highest BCUT2D eigenvalue weighted by Crippen LogP contribution is 2.37. The van der Waals surface area contributed by atoms with Gasteiger partial charge in [-0.15, -0.1) is 0 Å². The van der Waals surface area contributed by atoms with E-state index >= 15 is 0 Å². The molecule has 1 fully saturated rings. The lowest BCUT2D eigenvalue weighted by atomic mass is 10.1. The molecule has 1 saturated carbocycles. The van der Waals surface area contributed by atoms with Crippen molar-refractivity contribution in [3.05, 3.63) is 47.4 Å². The number of ether oxygens (including phenoxy) is 2. The first-order chi connectivity index (χ1) is 13.5. The Labute approximate surface area is 158 Å². The number of benzene rings is 2. The van der Waals surface area contributed by atoms with Crippen LogP contribution < -0.4 is 14.8 Å². The van der Waals surface area contributed by atoms with E-state index in [9.17, 15) is 14.3 Å². The normalized spacial score (nSPS) is 16.6. The molecule has 0 unspecified atom stereocenters. The summed E-state index contributed by atoms with van der Waals surface area (Å²) in [6.45, 7) is 0.210. The van der Waals surface area contributed by atoms with Crippen molar-refractivity contribution in [2.24, 2.45) is 0 Å². The SMILES string of the molecule is O=C(Nc1cc2c(C=Cc3ccc4c(c3)OCO4)n[nH]c2cc1F)C1(O)CC1. The standard InChI is InChI=1S/C20H16FN3O4/c21-13-9-15-12(8-16(13)22-19(25)20(26)5-6-20)14(23-24-15)3-1-11-2-4-17-18(7-11)28-10-27-17/h1-4,7-9,26H,5-6,10H2,(H,22,25)(H,23,24). The Morgan fingerprint density at radius 2 is 2.04 bits per heavy atom. The van der Waals surface area contributed by atoms with Crippen LogP contribution in [-0.4, -0.2) is 33.6 Å². The molecule has 0 saturated heterocycles. The molecule has 1 amide bonds. The molecule has 0 bridgehead atoms. The monoisotopic (exact) mass is 381 g/mol. The molecule has 3 aromatic rings. The van der Waals surface area contributed by atoms with Crippen LogP contribution in [0.25, 0.3) is 23.1 Å². The average molecular weight is 381 g/mol. The van der Waals surface area contributed by atoms with Crippen LogP contribution in [0.3, 0.4) is 0 Å². The van der Waals surface area contributed by atoms with E-state index in [1.54, 1.807) is 6.08 Å². The van der Waals surface area contributed by atoms with E-state index in [0.29, 0.717) is 40.9 Å². The highest BCUT2D eigenvalue weighted by Gasteiger charge is 2.48. The van der Waals surface area contributed by atoms with Crippen molar-refractivity contribution < 1.29 is 23.8 Å². The van der Waals surface area contributed by atoms with Gasteiger partial charge in [0.05, 0.1) is 16.9 Å². The Bertz CT molecular complexity index is 1130. The molecule has 0 atom stereocenters. The minimum atomic E-state index is -1.38. The second-order valence-electron chi connectivity index (χ2n) is 6.92. The summed E-state index contributed by atoms with van der Waals surface area (Å²) in [5.74, 6) is 0.196. The molecule has 1 aromatic heterocycles. The van der Waals surface area contributed by atoms with Crippen molar-refractivity contribution in [2.75, 3.05) is 12.1 Å². The molecule has 1 aliphatic heterocycles. The zero-order valence-corrected chi connectivity index (χ0v) is 14.7. The molecule has 0 radical (unpaired) electrons. The number of aromatic amines is 1. The van der Waals surface area contributed by atoms with Crippen LogP contribution in [0.15, 0.2) is 30.3 Å². The van der Waals surface area contributed by atoms with Gasteiger partial charge in [0.15, 0.2) is 11.5 Å². The number of nitrogens with zero attached hydrogens (tertiary/aromatic N) is 1. The number of halogens is 1. The van der Waals surface area contributed by atoms with E-state index in [1.807, 2.05) is 24.3 Å². The van der Waals surface area contributed by atoms with Crippen LogP contribution in [-0.2, 0) is 4.79 Å². The van der Waals surface area contributed by atoms with Gasteiger partial charge in [0.1, 0.15) is 11.4 Å². The average Bonchev–Trinajstić information content (AvgIpc) is 3.11. The summed E-state index contributed by atoms with van der Waals surface area (Å²) in [6, 6.07) is 8.36. The molecule has 1 aliphatic carbocycles. The smallest absolute Gasteiger partial charge is 0.256 e. The second kappa shape index (κ2) is 6.07. The molecule has 5 rings (SSSR count). The molecule has 28 heavy (non-hydrogen) atoms. The van der Waals surface area contributed by atoms with Crippen LogP contribution in [0.2, 0.25) is 0 Å². The number of rotatable bonds is 4. The minimum Gasteiger partial charge on any atom is -0.454 e. The number of anilines is 1. The maximum Gasteiger partial charge on any atom is 0.256 e. The van der Waals surface area contributed by atoms with Gasteiger partial charge in [-0.25, -0.2) is 4.39 Å². The second-order valence-corrected chi connectivity index (χ2v) is 6.92. The van der Waals surface area contributed by atoms with Crippen molar-refractivity contribution in [1.29, 1.82) is 0 Å². The van der Waals surface area contributed by atoms with Crippen molar-refractivity contribution in [3.8, 4) is 11.5 Å². The summed E-state index contributed by atoms with van der Waals surface area (Å²) in [6.07, 6.45) is 4.41. The lowest BCUT2D eigenvalue weighted by Gasteiger charge is -2.10. The summed E-state index contributed by atoms with van der Waals surface area (Å²) in [4.78, 5) is 12.0. The third kappa shape index (κ3) is 2.87. The molecule has 8 heteroatoms. The lowest BCUT2D eigenvalue weighted by molar-refractivity contribution is -0.125. The minimum absolute atomic E-state index is 0.0111. The Balaban J connectivity index is 1.44. The van der Waals surface area contributed by atoms with E-state index in [-0.39, 0.29) is 12.5 Å². The molecular formula is C20H16FN3O4. The number of aromatic nitrogens is 2. The van der Waals surface area contributed by atoms with Crippen LogP contribution in [0, 0.1) is 5.82 Å². The van der Waals surface area contributed by atoms with Gasteiger partial charge in [-0.3, -0.25) is 9.89 Å². The van der Waals surface area contributed by atoms with Crippen LogP contribution in [0.5, 0.6) is 11.5 Å². The summed E-state index contributed by atoms with van der Waals surface area (Å²) in [5, 5.41) is 20.0. The van der Waals surface area contributed by atoms with E-state index < -0.39 is 17.3 Å². The largest absolute Gasteiger partial charge is 0.454 e. The summed E-state index contributed by atoms with van der Waals surface area (Å²) < 4.78 is 24.9. The summed E-state index contributed by atoms with van der Waals surface area (Å²) >= 11 is 0. The Hall–Kier alpha value is -3.39. The molecule has 3 N–H and O–H groups in total. The number of H-pyrrole nitrogens is 1. The van der Waals surface area contributed by atoms with Gasteiger partial charge >= 0.3 is 0 Å². The van der Waals surface area contributed by atoms with Crippen LogP contribution >= 0.6 is 0 Å². The fourth-order valence-electron chi connectivity index (χ4n) is 3.06. The zero-order valence-electron chi connectivity index (χ0n) is 14.7. The number of fused-ring (bicyclic) bond motifs is 2. The van der Waals surface area contributed by atoms with E-state index in [4.69, 9.17) is 9.47 Å². The van der Waals surface area contributed by atoms with Gasteiger partial charge in [-0.1, -0.05) is 12.1 Å². The van der Waals surface area contributed by atoms with E-state index in [0.717, 1.165) is 5.56 Å². The van der Waals surface area contributed by atoms with Crippen molar-refractivity contribution in [3.63, 3.8) is 0 Å². The first kappa shape index (κ1) is 16.8. The fourth-order valence-corrected chi connectivity index (χ4v) is 3.06. The van der Waals surface area contributed by atoms with Gasteiger partial charge in [-0.05, 0) is 42.7 Å². The van der Waals surface area contributed by atoms with Crippen LogP contribution in [0.4, 0.5) is 10.1 Å². The third-order valence-electron chi connectivity index (χ3n) is 4.90. The highest BCUT2D eigenvalue weighted by atomic mass is 19.1. The number of hydrogen-bond donors (Lipinski definition) is 3. The maximum absolute atomic E-state index is 14.3. The Kier molecular flexibility index (Phi) is 3.63.